The lowest BCUT2D eigenvalue weighted by Crippen LogP contribution is -2.37. The van der Waals surface area contributed by atoms with Gasteiger partial charge in [-0.3, -0.25) is 0 Å². The van der Waals surface area contributed by atoms with E-state index in [1.54, 1.807) is 7.11 Å². The van der Waals surface area contributed by atoms with Gasteiger partial charge in [0.1, 0.15) is 5.75 Å². The Kier molecular flexibility index (Phi) is 4.87. The summed E-state index contributed by atoms with van der Waals surface area (Å²) in [6.07, 6.45) is 3.97. The van der Waals surface area contributed by atoms with E-state index in [-0.39, 0.29) is 0 Å². The van der Waals surface area contributed by atoms with Crippen LogP contribution in [0.3, 0.4) is 0 Å². The second-order valence-electron chi connectivity index (χ2n) is 6.13. The molecule has 106 valence electrons. The van der Waals surface area contributed by atoms with Crippen LogP contribution in [0, 0.1) is 11.8 Å². The van der Waals surface area contributed by atoms with Gasteiger partial charge in [-0.05, 0) is 55.7 Å². The number of rotatable bonds is 4. The minimum absolute atomic E-state index is 0.413. The number of methoxy groups -OCH3 is 1. The van der Waals surface area contributed by atoms with Crippen molar-refractivity contribution in [3.05, 3.63) is 29.8 Å². The fourth-order valence-corrected chi connectivity index (χ4v) is 3.04. The molecule has 3 unspecified atom stereocenters. The Morgan fingerprint density at radius 2 is 1.79 bits per heavy atom. The van der Waals surface area contributed by atoms with E-state index in [1.807, 2.05) is 12.1 Å². The maximum atomic E-state index is 5.20. The molecule has 1 N–H and O–H groups in total. The quantitative estimate of drug-likeness (QED) is 0.878. The molecule has 0 aromatic heterocycles. The summed E-state index contributed by atoms with van der Waals surface area (Å²) in [6, 6.07) is 9.48. The third-order valence-electron chi connectivity index (χ3n) is 4.70. The Morgan fingerprint density at radius 1 is 1.11 bits per heavy atom. The lowest BCUT2D eigenvalue weighted by atomic mass is 9.79. The number of ether oxygens (including phenoxy) is 1. The molecule has 0 bridgehead atoms. The third kappa shape index (κ3) is 3.73. The zero-order valence-corrected chi connectivity index (χ0v) is 12.6. The second kappa shape index (κ2) is 6.42. The van der Waals surface area contributed by atoms with Crippen LogP contribution in [-0.2, 0) is 0 Å². The van der Waals surface area contributed by atoms with E-state index >= 15 is 0 Å². The van der Waals surface area contributed by atoms with Crippen molar-refractivity contribution in [1.82, 2.24) is 5.32 Å². The predicted molar refractivity (Wildman–Crippen MR) is 80.5 cm³/mol. The van der Waals surface area contributed by atoms with E-state index in [0.29, 0.717) is 12.1 Å². The second-order valence-corrected chi connectivity index (χ2v) is 6.13. The van der Waals surface area contributed by atoms with Crippen LogP contribution in [0.2, 0.25) is 0 Å². The van der Waals surface area contributed by atoms with Gasteiger partial charge in [0.15, 0.2) is 0 Å². The zero-order valence-electron chi connectivity index (χ0n) is 12.6. The number of benzene rings is 1. The van der Waals surface area contributed by atoms with E-state index < -0.39 is 0 Å². The molecule has 1 aromatic rings. The van der Waals surface area contributed by atoms with Crippen LogP contribution in [0.1, 0.15) is 51.6 Å². The van der Waals surface area contributed by atoms with Crippen LogP contribution in [0.5, 0.6) is 5.75 Å². The number of hydrogen-bond donors (Lipinski definition) is 1. The molecule has 1 aromatic carbocycles. The highest BCUT2D eigenvalue weighted by atomic mass is 16.5. The first kappa shape index (κ1) is 14.4. The summed E-state index contributed by atoms with van der Waals surface area (Å²) in [5, 5.41) is 3.78. The topological polar surface area (TPSA) is 21.3 Å². The fourth-order valence-electron chi connectivity index (χ4n) is 3.04. The van der Waals surface area contributed by atoms with Gasteiger partial charge < -0.3 is 10.1 Å². The van der Waals surface area contributed by atoms with Gasteiger partial charge in [0, 0.05) is 12.1 Å². The minimum Gasteiger partial charge on any atom is -0.497 e. The van der Waals surface area contributed by atoms with Crippen LogP contribution in [0.4, 0.5) is 0 Å². The zero-order chi connectivity index (χ0) is 13.8. The van der Waals surface area contributed by atoms with Crippen LogP contribution in [0.25, 0.3) is 0 Å². The summed E-state index contributed by atoms with van der Waals surface area (Å²) in [4.78, 5) is 0. The van der Waals surface area contributed by atoms with Gasteiger partial charge in [0.05, 0.1) is 7.11 Å². The standard InChI is InChI=1S/C17H27NO/c1-12-5-8-16(11-13(12)2)18-14(3)15-6-9-17(19-4)10-7-15/h6-7,9-10,12-14,16,18H,5,8,11H2,1-4H3/t12?,13?,14-,16?/m0/s1. The molecule has 0 spiro atoms. The van der Waals surface area contributed by atoms with Crippen LogP contribution >= 0.6 is 0 Å². The fraction of sp³-hybridized carbons (Fsp3) is 0.647. The first-order chi connectivity index (χ1) is 9.10. The lowest BCUT2D eigenvalue weighted by molar-refractivity contribution is 0.217. The van der Waals surface area contributed by atoms with Crippen molar-refractivity contribution in [2.24, 2.45) is 11.8 Å². The first-order valence-electron chi connectivity index (χ1n) is 7.50. The first-order valence-corrected chi connectivity index (χ1v) is 7.50. The van der Waals surface area contributed by atoms with Gasteiger partial charge >= 0.3 is 0 Å². The molecule has 2 heteroatoms. The van der Waals surface area contributed by atoms with Crippen molar-refractivity contribution >= 4 is 0 Å². The molecule has 1 aliphatic carbocycles. The van der Waals surface area contributed by atoms with E-state index in [2.05, 4.69) is 38.2 Å². The Labute approximate surface area is 117 Å². The van der Waals surface area contributed by atoms with Crippen LogP contribution in [-0.4, -0.2) is 13.2 Å². The average Bonchev–Trinajstić information content (AvgIpc) is 2.43. The van der Waals surface area contributed by atoms with Crippen LogP contribution in [0.15, 0.2) is 24.3 Å². The maximum Gasteiger partial charge on any atom is 0.118 e. The van der Waals surface area contributed by atoms with Crippen LogP contribution < -0.4 is 10.1 Å². The van der Waals surface area contributed by atoms with Gasteiger partial charge in [-0.1, -0.05) is 26.0 Å². The number of hydrogen-bond acceptors (Lipinski definition) is 2. The summed E-state index contributed by atoms with van der Waals surface area (Å²) < 4.78 is 5.20. The summed E-state index contributed by atoms with van der Waals surface area (Å²) in [5.41, 5.74) is 1.34. The van der Waals surface area contributed by atoms with Gasteiger partial charge in [-0.15, -0.1) is 0 Å². The smallest absolute Gasteiger partial charge is 0.118 e. The molecular weight excluding hydrogens is 234 g/mol. The van der Waals surface area contributed by atoms with E-state index in [0.717, 1.165) is 17.6 Å². The average molecular weight is 261 g/mol. The minimum atomic E-state index is 0.413. The van der Waals surface area contributed by atoms with E-state index in [1.165, 1.54) is 24.8 Å². The van der Waals surface area contributed by atoms with Crippen molar-refractivity contribution in [3.8, 4) is 5.75 Å². The summed E-state index contributed by atoms with van der Waals surface area (Å²) >= 11 is 0. The van der Waals surface area contributed by atoms with Crippen molar-refractivity contribution in [3.63, 3.8) is 0 Å². The molecule has 2 nitrogen and oxygen atoms in total. The molecular formula is C17H27NO. The van der Waals surface area contributed by atoms with Crippen molar-refractivity contribution in [1.29, 1.82) is 0 Å². The molecule has 1 saturated carbocycles. The lowest BCUT2D eigenvalue weighted by Gasteiger charge is -2.34. The SMILES string of the molecule is COc1ccc([C@H](C)NC2CCC(C)C(C)C2)cc1. The Hall–Kier alpha value is -1.02. The highest BCUT2D eigenvalue weighted by Crippen LogP contribution is 2.30. The summed E-state index contributed by atoms with van der Waals surface area (Å²) in [7, 11) is 1.71. The Bertz CT molecular complexity index is 387. The molecule has 2 rings (SSSR count). The normalized spacial score (nSPS) is 28.9. The Morgan fingerprint density at radius 3 is 2.37 bits per heavy atom. The maximum absolute atomic E-state index is 5.20. The highest BCUT2D eigenvalue weighted by Gasteiger charge is 2.25. The molecule has 0 radical (unpaired) electrons. The molecule has 0 amide bonds. The van der Waals surface area contributed by atoms with Crippen molar-refractivity contribution in [2.45, 2.75) is 52.1 Å². The third-order valence-corrected chi connectivity index (χ3v) is 4.70. The van der Waals surface area contributed by atoms with Gasteiger partial charge in [0.25, 0.3) is 0 Å². The highest BCUT2D eigenvalue weighted by molar-refractivity contribution is 5.28. The molecule has 0 saturated heterocycles. The summed E-state index contributed by atoms with van der Waals surface area (Å²) in [5.74, 6) is 2.65. The van der Waals surface area contributed by atoms with E-state index in [9.17, 15) is 0 Å². The van der Waals surface area contributed by atoms with Crippen molar-refractivity contribution in [2.75, 3.05) is 7.11 Å². The molecule has 1 fully saturated rings. The molecule has 0 aliphatic heterocycles. The molecule has 1 aliphatic rings. The van der Waals surface area contributed by atoms with Gasteiger partial charge in [0.2, 0.25) is 0 Å². The van der Waals surface area contributed by atoms with Crippen molar-refractivity contribution < 1.29 is 4.74 Å². The van der Waals surface area contributed by atoms with Gasteiger partial charge in [-0.2, -0.15) is 0 Å². The monoisotopic (exact) mass is 261 g/mol. The summed E-state index contributed by atoms with van der Waals surface area (Å²) in [6.45, 7) is 7.02. The molecule has 4 atom stereocenters. The van der Waals surface area contributed by atoms with Gasteiger partial charge in [-0.25, -0.2) is 0 Å². The Balaban J connectivity index is 1.91. The van der Waals surface area contributed by atoms with E-state index in [4.69, 9.17) is 4.74 Å². The molecule has 0 heterocycles. The molecule has 19 heavy (non-hydrogen) atoms. The largest absolute Gasteiger partial charge is 0.497 e. The number of nitrogens with one attached hydrogen (secondary N) is 1. The predicted octanol–water partition coefficient (Wildman–Crippen LogP) is 4.17.